The van der Waals surface area contributed by atoms with Crippen LogP contribution in [0.15, 0.2) is 29.4 Å². The summed E-state index contributed by atoms with van der Waals surface area (Å²) in [5, 5.41) is 11.4. The summed E-state index contributed by atoms with van der Waals surface area (Å²) in [7, 11) is 0. The molecule has 0 radical (unpaired) electrons. The van der Waals surface area contributed by atoms with Gasteiger partial charge in [-0.3, -0.25) is 5.10 Å². The van der Waals surface area contributed by atoms with Crippen LogP contribution in [0, 0.1) is 11.7 Å². The van der Waals surface area contributed by atoms with E-state index in [-0.39, 0.29) is 6.10 Å². The van der Waals surface area contributed by atoms with E-state index in [1.54, 1.807) is 10.9 Å². The Bertz CT molecular complexity index is 665. The van der Waals surface area contributed by atoms with Crippen LogP contribution in [0.2, 0.25) is 0 Å². The van der Waals surface area contributed by atoms with Crippen LogP contribution in [-0.2, 0) is 4.74 Å². The molecule has 3 rings (SSSR count). The molecular weight excluding hydrogens is 272 g/mol. The minimum absolute atomic E-state index is 0.0156. The van der Waals surface area contributed by atoms with Crippen molar-refractivity contribution in [2.75, 3.05) is 6.61 Å². The third kappa shape index (κ3) is 2.71. The van der Waals surface area contributed by atoms with Crippen LogP contribution in [0.4, 0.5) is 0 Å². The maximum Gasteiger partial charge on any atom is 0.216 e. The molecule has 0 bridgehead atoms. The quantitative estimate of drug-likeness (QED) is 0.698. The molecule has 5 nitrogen and oxygen atoms in total. The first-order valence-corrected chi connectivity index (χ1v) is 7.05. The van der Waals surface area contributed by atoms with Crippen LogP contribution in [0.1, 0.15) is 35.9 Å². The number of hydrogen-bond donors (Lipinski definition) is 1. The summed E-state index contributed by atoms with van der Waals surface area (Å²) in [6.07, 6.45) is 3.77. The highest BCUT2D eigenvalue weighted by atomic mass is 32.1. The Morgan fingerprint density at radius 3 is 2.95 bits per heavy atom. The van der Waals surface area contributed by atoms with Gasteiger partial charge in [-0.1, -0.05) is 29.8 Å². The fourth-order valence-corrected chi connectivity index (χ4v) is 2.37. The van der Waals surface area contributed by atoms with Crippen molar-refractivity contribution in [1.29, 1.82) is 0 Å². The van der Waals surface area contributed by atoms with E-state index in [1.807, 2.05) is 12.1 Å². The minimum Gasteiger partial charge on any atom is -0.370 e. The lowest BCUT2D eigenvalue weighted by Crippen LogP contribution is -2.05. The molecule has 1 N–H and O–H groups in total. The zero-order chi connectivity index (χ0) is 13.9. The van der Waals surface area contributed by atoms with Crippen molar-refractivity contribution in [1.82, 2.24) is 14.9 Å². The van der Waals surface area contributed by atoms with Crippen LogP contribution in [-0.4, -0.2) is 27.7 Å². The Morgan fingerprint density at radius 2 is 2.25 bits per heavy atom. The van der Waals surface area contributed by atoms with Gasteiger partial charge in [-0.15, -0.1) is 0 Å². The molecule has 0 aliphatic carbocycles. The molecular formula is C14H16N4OS. The van der Waals surface area contributed by atoms with Crippen LogP contribution in [0.3, 0.4) is 0 Å². The molecule has 6 heteroatoms. The van der Waals surface area contributed by atoms with Gasteiger partial charge in [-0.2, -0.15) is 14.9 Å². The molecule has 2 heterocycles. The first-order chi connectivity index (χ1) is 9.74. The van der Waals surface area contributed by atoms with Crippen molar-refractivity contribution < 1.29 is 4.74 Å². The van der Waals surface area contributed by atoms with E-state index in [9.17, 15) is 0 Å². The lowest BCUT2D eigenvalue weighted by molar-refractivity contribution is 0.102. The van der Waals surface area contributed by atoms with Crippen molar-refractivity contribution in [3.8, 4) is 0 Å². The maximum absolute atomic E-state index is 5.64. The third-order valence-corrected chi connectivity index (χ3v) is 3.56. The predicted octanol–water partition coefficient (Wildman–Crippen LogP) is 2.98. The standard InChI is InChI=1S/C14H16N4OS/c1-10-4-6-11(7-5-10)9-15-18-13(16-17-14(18)20)12-3-2-8-19-12/h4-7,9,12H,2-3,8H2,1H3,(H,17,20)/b15-9-. The van der Waals surface area contributed by atoms with Gasteiger partial charge in [0.15, 0.2) is 5.82 Å². The van der Waals surface area contributed by atoms with Crippen LogP contribution in [0.5, 0.6) is 0 Å². The van der Waals surface area contributed by atoms with E-state index >= 15 is 0 Å². The molecule has 0 spiro atoms. The van der Waals surface area contributed by atoms with Crippen molar-refractivity contribution in [3.63, 3.8) is 0 Å². The minimum atomic E-state index is -0.0156. The number of aromatic amines is 1. The van der Waals surface area contributed by atoms with Gasteiger partial charge in [0.2, 0.25) is 4.77 Å². The predicted molar refractivity (Wildman–Crippen MR) is 79.5 cm³/mol. The Balaban J connectivity index is 1.88. The Labute approximate surface area is 122 Å². The first-order valence-electron chi connectivity index (χ1n) is 6.64. The summed E-state index contributed by atoms with van der Waals surface area (Å²) in [5.74, 6) is 0.746. The number of nitrogens with zero attached hydrogens (tertiary/aromatic N) is 3. The molecule has 1 aliphatic rings. The van der Waals surface area contributed by atoms with Gasteiger partial charge in [-0.05, 0) is 37.5 Å². The van der Waals surface area contributed by atoms with Crippen molar-refractivity contribution in [3.05, 3.63) is 46.0 Å². The SMILES string of the molecule is Cc1ccc(/C=N\n2c(C3CCCO3)n[nH]c2=S)cc1. The van der Waals surface area contributed by atoms with Crippen LogP contribution >= 0.6 is 12.2 Å². The lowest BCUT2D eigenvalue weighted by Gasteiger charge is -2.07. The summed E-state index contributed by atoms with van der Waals surface area (Å²) in [5.41, 5.74) is 2.25. The number of aryl methyl sites for hydroxylation is 1. The van der Waals surface area contributed by atoms with Crippen LogP contribution < -0.4 is 0 Å². The second-order valence-electron chi connectivity index (χ2n) is 4.86. The number of ether oxygens (including phenoxy) is 1. The van der Waals surface area contributed by atoms with Gasteiger partial charge >= 0.3 is 0 Å². The molecule has 1 fully saturated rings. The Hall–Kier alpha value is -1.79. The normalized spacial score (nSPS) is 18.9. The number of aromatic nitrogens is 3. The highest BCUT2D eigenvalue weighted by molar-refractivity contribution is 7.71. The second-order valence-corrected chi connectivity index (χ2v) is 5.24. The van der Waals surface area contributed by atoms with Crippen molar-refractivity contribution in [2.45, 2.75) is 25.9 Å². The summed E-state index contributed by atoms with van der Waals surface area (Å²) in [6.45, 7) is 2.83. The largest absolute Gasteiger partial charge is 0.370 e. The highest BCUT2D eigenvalue weighted by Crippen LogP contribution is 2.26. The number of H-pyrrole nitrogens is 1. The molecule has 104 valence electrons. The monoisotopic (exact) mass is 288 g/mol. The molecule has 0 amide bonds. The van der Waals surface area contributed by atoms with Gasteiger partial charge in [0.1, 0.15) is 6.10 Å². The molecule has 1 unspecified atom stereocenters. The fourth-order valence-electron chi connectivity index (χ4n) is 2.18. The van der Waals surface area contributed by atoms with E-state index in [0.717, 1.165) is 30.8 Å². The van der Waals surface area contributed by atoms with Gasteiger partial charge < -0.3 is 4.74 Å². The van der Waals surface area contributed by atoms with E-state index in [1.165, 1.54) is 5.56 Å². The van der Waals surface area contributed by atoms with E-state index in [0.29, 0.717) is 4.77 Å². The summed E-state index contributed by atoms with van der Waals surface area (Å²) in [6, 6.07) is 8.15. The zero-order valence-electron chi connectivity index (χ0n) is 11.2. The van der Waals surface area contributed by atoms with E-state index in [2.05, 4.69) is 34.4 Å². The van der Waals surface area contributed by atoms with Gasteiger partial charge in [0.25, 0.3) is 0 Å². The van der Waals surface area contributed by atoms with Crippen molar-refractivity contribution in [2.24, 2.45) is 5.10 Å². The van der Waals surface area contributed by atoms with E-state index < -0.39 is 0 Å². The smallest absolute Gasteiger partial charge is 0.216 e. The van der Waals surface area contributed by atoms with E-state index in [4.69, 9.17) is 17.0 Å². The molecule has 1 atom stereocenters. The van der Waals surface area contributed by atoms with Crippen LogP contribution in [0.25, 0.3) is 0 Å². The first kappa shape index (κ1) is 13.2. The third-order valence-electron chi connectivity index (χ3n) is 3.29. The average Bonchev–Trinajstić information content (AvgIpc) is 3.08. The highest BCUT2D eigenvalue weighted by Gasteiger charge is 2.23. The maximum atomic E-state index is 5.64. The Morgan fingerprint density at radius 1 is 1.45 bits per heavy atom. The number of hydrogen-bond acceptors (Lipinski definition) is 4. The Kier molecular flexibility index (Phi) is 3.75. The fraction of sp³-hybridized carbons (Fsp3) is 0.357. The van der Waals surface area contributed by atoms with Crippen molar-refractivity contribution >= 4 is 18.4 Å². The second kappa shape index (κ2) is 5.68. The molecule has 1 aliphatic heterocycles. The molecule has 1 aromatic carbocycles. The number of benzene rings is 1. The number of rotatable bonds is 3. The molecule has 1 aromatic heterocycles. The topological polar surface area (TPSA) is 55.2 Å². The summed E-state index contributed by atoms with van der Waals surface area (Å²) < 4.78 is 7.77. The average molecular weight is 288 g/mol. The lowest BCUT2D eigenvalue weighted by atomic mass is 10.2. The van der Waals surface area contributed by atoms with Gasteiger partial charge in [-0.25, -0.2) is 0 Å². The zero-order valence-corrected chi connectivity index (χ0v) is 12.1. The molecule has 2 aromatic rings. The summed E-state index contributed by atoms with van der Waals surface area (Å²) in [4.78, 5) is 0. The molecule has 0 saturated carbocycles. The molecule has 20 heavy (non-hydrogen) atoms. The van der Waals surface area contributed by atoms with Gasteiger partial charge in [0, 0.05) is 6.61 Å². The summed E-state index contributed by atoms with van der Waals surface area (Å²) >= 11 is 5.22. The van der Waals surface area contributed by atoms with Gasteiger partial charge in [0.05, 0.1) is 6.21 Å². The number of nitrogens with one attached hydrogen (secondary N) is 1. The molecule has 1 saturated heterocycles.